The fourth-order valence-electron chi connectivity index (χ4n) is 1.91. The van der Waals surface area contributed by atoms with Crippen LogP contribution in [0, 0.1) is 0 Å². The average molecular weight is 214 g/mol. The van der Waals surface area contributed by atoms with Crippen molar-refractivity contribution in [2.45, 2.75) is 77.6 Å². The Morgan fingerprint density at radius 3 is 1.40 bits per heavy atom. The average Bonchev–Trinajstić information content (AvgIpc) is 2.26. The highest BCUT2D eigenvalue weighted by molar-refractivity contribution is 4.47. The van der Waals surface area contributed by atoms with Gasteiger partial charge < -0.3 is 4.74 Å². The van der Waals surface area contributed by atoms with Gasteiger partial charge in [-0.2, -0.15) is 0 Å². The van der Waals surface area contributed by atoms with Crippen LogP contribution in [0.1, 0.15) is 77.6 Å². The third-order valence-electron chi connectivity index (χ3n) is 2.95. The zero-order chi connectivity index (χ0) is 11.2. The van der Waals surface area contributed by atoms with Crippen molar-refractivity contribution in [3.63, 3.8) is 0 Å². The lowest BCUT2D eigenvalue weighted by Crippen LogP contribution is -1.88. The lowest BCUT2D eigenvalue weighted by molar-refractivity contribution is 0.192. The van der Waals surface area contributed by atoms with Gasteiger partial charge in [0, 0.05) is 13.7 Å². The fraction of sp³-hybridized carbons (Fsp3) is 1.00. The molecule has 15 heavy (non-hydrogen) atoms. The number of ether oxygens (including phenoxy) is 1. The van der Waals surface area contributed by atoms with E-state index >= 15 is 0 Å². The molecule has 0 N–H and O–H groups in total. The zero-order valence-electron chi connectivity index (χ0n) is 10.9. The molecule has 0 bridgehead atoms. The van der Waals surface area contributed by atoms with Gasteiger partial charge in [0.05, 0.1) is 0 Å². The van der Waals surface area contributed by atoms with Crippen LogP contribution in [0.2, 0.25) is 0 Å². The summed E-state index contributed by atoms with van der Waals surface area (Å²) in [6, 6.07) is 0. The van der Waals surface area contributed by atoms with Gasteiger partial charge in [-0.05, 0) is 6.42 Å². The predicted octanol–water partition coefficient (Wildman–Crippen LogP) is 4.94. The summed E-state index contributed by atoms with van der Waals surface area (Å²) in [5.74, 6) is 0. The summed E-state index contributed by atoms with van der Waals surface area (Å²) in [5, 5.41) is 0. The highest BCUT2D eigenvalue weighted by atomic mass is 16.5. The third kappa shape index (κ3) is 14.0. The molecule has 1 heteroatoms. The summed E-state index contributed by atoms with van der Waals surface area (Å²) in [6.07, 6.45) is 15.5. The van der Waals surface area contributed by atoms with E-state index in [1.807, 2.05) is 0 Å². The number of hydrogen-bond donors (Lipinski definition) is 0. The van der Waals surface area contributed by atoms with Crippen LogP contribution in [0.3, 0.4) is 0 Å². The zero-order valence-corrected chi connectivity index (χ0v) is 10.9. The molecular weight excluding hydrogens is 184 g/mol. The minimum atomic E-state index is 0.941. The second-order valence-corrected chi connectivity index (χ2v) is 4.53. The van der Waals surface area contributed by atoms with Gasteiger partial charge in [0.15, 0.2) is 0 Å². The summed E-state index contributed by atoms with van der Waals surface area (Å²) < 4.78 is 5.02. The summed E-state index contributed by atoms with van der Waals surface area (Å²) in [6.45, 7) is 3.22. The molecule has 0 saturated carbocycles. The molecule has 0 saturated heterocycles. The first-order valence-corrected chi connectivity index (χ1v) is 6.90. The maximum Gasteiger partial charge on any atom is 0.0462 e. The number of unbranched alkanes of at least 4 members (excludes halogenated alkanes) is 10. The van der Waals surface area contributed by atoms with Crippen LogP contribution in [0.5, 0.6) is 0 Å². The molecule has 0 atom stereocenters. The van der Waals surface area contributed by atoms with Crippen LogP contribution >= 0.6 is 0 Å². The fourth-order valence-corrected chi connectivity index (χ4v) is 1.91. The molecule has 0 rings (SSSR count). The Kier molecular flexibility index (Phi) is 13.9. The molecule has 0 aliphatic heterocycles. The number of methoxy groups -OCH3 is 1. The lowest BCUT2D eigenvalue weighted by Gasteiger charge is -2.02. The van der Waals surface area contributed by atoms with Crippen molar-refractivity contribution in [3.8, 4) is 0 Å². The minimum Gasteiger partial charge on any atom is -0.385 e. The van der Waals surface area contributed by atoms with Gasteiger partial charge in [0.25, 0.3) is 0 Å². The largest absolute Gasteiger partial charge is 0.385 e. The van der Waals surface area contributed by atoms with Gasteiger partial charge in [-0.1, -0.05) is 71.1 Å². The molecule has 0 radical (unpaired) electrons. The summed E-state index contributed by atoms with van der Waals surface area (Å²) >= 11 is 0. The normalized spacial score (nSPS) is 10.8. The molecule has 0 amide bonds. The summed E-state index contributed by atoms with van der Waals surface area (Å²) in [5.41, 5.74) is 0. The number of hydrogen-bond acceptors (Lipinski definition) is 1. The van der Waals surface area contributed by atoms with Crippen LogP contribution in [-0.2, 0) is 4.74 Å². The molecule has 0 aliphatic carbocycles. The van der Waals surface area contributed by atoms with Crippen molar-refractivity contribution in [2.75, 3.05) is 13.7 Å². The molecule has 0 aromatic heterocycles. The molecular formula is C14H30O. The van der Waals surface area contributed by atoms with E-state index in [4.69, 9.17) is 4.74 Å². The smallest absolute Gasteiger partial charge is 0.0462 e. The Morgan fingerprint density at radius 1 is 0.600 bits per heavy atom. The molecule has 0 fully saturated rings. The quantitative estimate of drug-likeness (QED) is 0.418. The predicted molar refractivity (Wildman–Crippen MR) is 68.3 cm³/mol. The Bertz CT molecular complexity index is 89.5. The SMILES string of the molecule is CCCCCCCCCCCCCOC. The monoisotopic (exact) mass is 214 g/mol. The molecule has 0 aromatic carbocycles. The van der Waals surface area contributed by atoms with Crippen molar-refractivity contribution in [3.05, 3.63) is 0 Å². The second kappa shape index (κ2) is 14.0. The topological polar surface area (TPSA) is 9.23 Å². The van der Waals surface area contributed by atoms with Crippen LogP contribution in [0.4, 0.5) is 0 Å². The van der Waals surface area contributed by atoms with E-state index in [0.29, 0.717) is 0 Å². The van der Waals surface area contributed by atoms with E-state index < -0.39 is 0 Å². The minimum absolute atomic E-state index is 0.941. The Balaban J connectivity index is 2.81. The maximum atomic E-state index is 5.02. The molecule has 0 aliphatic rings. The van der Waals surface area contributed by atoms with Crippen LogP contribution in [0.15, 0.2) is 0 Å². The van der Waals surface area contributed by atoms with Crippen molar-refractivity contribution >= 4 is 0 Å². The van der Waals surface area contributed by atoms with Crippen molar-refractivity contribution in [1.82, 2.24) is 0 Å². The highest BCUT2D eigenvalue weighted by Crippen LogP contribution is 2.11. The van der Waals surface area contributed by atoms with Crippen molar-refractivity contribution < 1.29 is 4.74 Å². The summed E-state index contributed by atoms with van der Waals surface area (Å²) in [4.78, 5) is 0. The Labute approximate surface area is 96.6 Å². The van der Waals surface area contributed by atoms with Crippen LogP contribution < -0.4 is 0 Å². The molecule has 0 aromatic rings. The van der Waals surface area contributed by atoms with E-state index in [0.717, 1.165) is 6.61 Å². The van der Waals surface area contributed by atoms with Gasteiger partial charge in [-0.15, -0.1) is 0 Å². The first-order valence-electron chi connectivity index (χ1n) is 6.90. The molecule has 0 unspecified atom stereocenters. The van der Waals surface area contributed by atoms with Gasteiger partial charge in [-0.25, -0.2) is 0 Å². The molecule has 0 heterocycles. The van der Waals surface area contributed by atoms with Crippen molar-refractivity contribution in [1.29, 1.82) is 0 Å². The standard InChI is InChI=1S/C14H30O/c1-3-4-5-6-7-8-9-10-11-12-13-14-15-2/h3-14H2,1-2H3. The van der Waals surface area contributed by atoms with E-state index in [9.17, 15) is 0 Å². The van der Waals surface area contributed by atoms with Crippen LogP contribution in [-0.4, -0.2) is 13.7 Å². The van der Waals surface area contributed by atoms with E-state index in [2.05, 4.69) is 6.92 Å². The molecule has 92 valence electrons. The molecule has 1 nitrogen and oxygen atoms in total. The third-order valence-corrected chi connectivity index (χ3v) is 2.95. The van der Waals surface area contributed by atoms with Gasteiger partial charge in [0.1, 0.15) is 0 Å². The van der Waals surface area contributed by atoms with Gasteiger partial charge in [-0.3, -0.25) is 0 Å². The van der Waals surface area contributed by atoms with E-state index in [-0.39, 0.29) is 0 Å². The Morgan fingerprint density at radius 2 is 1.00 bits per heavy atom. The van der Waals surface area contributed by atoms with Crippen LogP contribution in [0.25, 0.3) is 0 Å². The number of rotatable bonds is 12. The Hall–Kier alpha value is -0.0400. The van der Waals surface area contributed by atoms with Gasteiger partial charge in [0.2, 0.25) is 0 Å². The van der Waals surface area contributed by atoms with E-state index in [1.165, 1.54) is 70.6 Å². The maximum absolute atomic E-state index is 5.02. The van der Waals surface area contributed by atoms with Crippen molar-refractivity contribution in [2.24, 2.45) is 0 Å². The summed E-state index contributed by atoms with van der Waals surface area (Å²) in [7, 11) is 1.79. The first kappa shape index (κ1) is 15.0. The van der Waals surface area contributed by atoms with E-state index in [1.54, 1.807) is 7.11 Å². The second-order valence-electron chi connectivity index (χ2n) is 4.53. The van der Waals surface area contributed by atoms with Gasteiger partial charge >= 0.3 is 0 Å². The lowest BCUT2D eigenvalue weighted by atomic mass is 10.1. The highest BCUT2D eigenvalue weighted by Gasteiger charge is 1.92. The first-order chi connectivity index (χ1) is 7.41. The molecule has 0 spiro atoms.